The van der Waals surface area contributed by atoms with E-state index in [4.69, 9.17) is 27.9 Å². The summed E-state index contributed by atoms with van der Waals surface area (Å²) >= 11 is 12.5. The Labute approximate surface area is 262 Å². The van der Waals surface area contributed by atoms with Gasteiger partial charge in [0.25, 0.3) is 10.0 Å². The SMILES string of the molecule is CCOc1ccc(N(CC(=O)N(Cc2ccc(Cl)cc2Cl)[C@@H](CC)C(=O)NC(C)(C)C)S(=O)(=O)c2ccc(F)cc2)cc1. The van der Waals surface area contributed by atoms with Crippen LogP contribution in [-0.4, -0.2) is 49.9 Å². The number of nitrogens with one attached hydrogen (secondary N) is 1. The second-order valence-electron chi connectivity index (χ2n) is 10.8. The number of carbonyl (C=O) groups excluding carboxylic acids is 2. The molecule has 2 amide bonds. The summed E-state index contributed by atoms with van der Waals surface area (Å²) in [5.74, 6) is -1.14. The Kier molecular flexibility index (Phi) is 11.5. The smallest absolute Gasteiger partial charge is 0.264 e. The maximum Gasteiger partial charge on any atom is 0.264 e. The molecule has 0 aliphatic heterocycles. The van der Waals surface area contributed by atoms with Gasteiger partial charge in [0.15, 0.2) is 0 Å². The molecule has 0 aliphatic carbocycles. The summed E-state index contributed by atoms with van der Waals surface area (Å²) in [6.07, 6.45) is 0.243. The molecular weight excluding hydrogens is 616 g/mol. The monoisotopic (exact) mass is 651 g/mol. The highest BCUT2D eigenvalue weighted by atomic mass is 35.5. The molecule has 12 heteroatoms. The Bertz CT molecular complexity index is 1530. The van der Waals surface area contributed by atoms with Crippen LogP contribution >= 0.6 is 23.2 Å². The maximum absolute atomic E-state index is 14.2. The lowest BCUT2D eigenvalue weighted by Gasteiger charge is -2.35. The number of nitrogens with zero attached hydrogens (tertiary/aromatic N) is 2. The number of anilines is 1. The number of benzene rings is 3. The lowest BCUT2D eigenvalue weighted by molar-refractivity contribution is -0.141. The van der Waals surface area contributed by atoms with E-state index in [1.54, 1.807) is 31.2 Å². The van der Waals surface area contributed by atoms with Crippen LogP contribution in [0.15, 0.2) is 71.6 Å². The fraction of sp³-hybridized carbons (Fsp3) is 0.355. The first-order valence-electron chi connectivity index (χ1n) is 13.7. The molecule has 0 aliphatic rings. The molecule has 0 radical (unpaired) electrons. The second kappa shape index (κ2) is 14.4. The van der Waals surface area contributed by atoms with Crippen LogP contribution in [0.25, 0.3) is 0 Å². The lowest BCUT2D eigenvalue weighted by Crippen LogP contribution is -2.55. The minimum atomic E-state index is -4.36. The minimum absolute atomic E-state index is 0.0847. The van der Waals surface area contributed by atoms with Crippen LogP contribution in [0.1, 0.15) is 46.6 Å². The standard InChI is InChI=1S/C31H36Cl2FN3O5S/c1-6-28(30(39)35-31(3,4)5)36(19-21-8-9-22(32)18-27(21)33)29(38)20-37(24-12-14-25(15-13-24)42-7-2)43(40,41)26-16-10-23(34)11-17-26/h8-18,28H,6-7,19-20H2,1-5H3,(H,35,39)/t28-/m0/s1. The van der Waals surface area contributed by atoms with Crippen molar-refractivity contribution in [2.24, 2.45) is 0 Å². The quantitative estimate of drug-likeness (QED) is 0.243. The molecular formula is C31H36Cl2FN3O5S. The van der Waals surface area contributed by atoms with Crippen molar-refractivity contribution in [3.63, 3.8) is 0 Å². The van der Waals surface area contributed by atoms with E-state index in [1.807, 2.05) is 27.7 Å². The number of halogens is 3. The molecule has 43 heavy (non-hydrogen) atoms. The van der Waals surface area contributed by atoms with E-state index in [-0.39, 0.29) is 23.5 Å². The van der Waals surface area contributed by atoms with Crippen LogP contribution in [0.4, 0.5) is 10.1 Å². The zero-order valence-electron chi connectivity index (χ0n) is 24.7. The van der Waals surface area contributed by atoms with E-state index in [1.165, 1.54) is 23.1 Å². The fourth-order valence-electron chi connectivity index (χ4n) is 4.34. The van der Waals surface area contributed by atoms with Crippen LogP contribution in [0.2, 0.25) is 10.0 Å². The van der Waals surface area contributed by atoms with Gasteiger partial charge in [-0.25, -0.2) is 12.8 Å². The number of amides is 2. The van der Waals surface area contributed by atoms with Gasteiger partial charge in [0.2, 0.25) is 11.8 Å². The predicted octanol–water partition coefficient (Wildman–Crippen LogP) is 6.45. The molecule has 0 saturated carbocycles. The van der Waals surface area contributed by atoms with Gasteiger partial charge in [-0.05, 0) is 100 Å². The molecule has 3 aromatic rings. The normalized spacial score (nSPS) is 12.4. The first-order chi connectivity index (χ1) is 20.2. The van der Waals surface area contributed by atoms with E-state index in [2.05, 4.69) is 5.32 Å². The van der Waals surface area contributed by atoms with Gasteiger partial charge in [-0.2, -0.15) is 0 Å². The first kappa shape index (κ1) is 34.2. The van der Waals surface area contributed by atoms with Gasteiger partial charge in [0.05, 0.1) is 17.2 Å². The number of hydrogen-bond acceptors (Lipinski definition) is 5. The molecule has 1 atom stereocenters. The van der Waals surface area contributed by atoms with Crippen molar-refractivity contribution in [1.82, 2.24) is 10.2 Å². The fourth-order valence-corrected chi connectivity index (χ4v) is 6.23. The first-order valence-corrected chi connectivity index (χ1v) is 15.9. The number of ether oxygens (including phenoxy) is 1. The third-order valence-electron chi connectivity index (χ3n) is 6.36. The van der Waals surface area contributed by atoms with Gasteiger partial charge in [-0.3, -0.25) is 13.9 Å². The van der Waals surface area contributed by atoms with E-state index < -0.39 is 45.8 Å². The molecule has 0 unspecified atom stereocenters. The predicted molar refractivity (Wildman–Crippen MR) is 168 cm³/mol. The Balaban J connectivity index is 2.10. The van der Waals surface area contributed by atoms with E-state index in [0.29, 0.717) is 28.0 Å². The highest BCUT2D eigenvalue weighted by Gasteiger charge is 2.35. The zero-order chi connectivity index (χ0) is 31.9. The summed E-state index contributed by atoms with van der Waals surface area (Å²) in [4.78, 5) is 28.7. The average molecular weight is 653 g/mol. The van der Waals surface area contributed by atoms with E-state index >= 15 is 0 Å². The molecule has 1 N–H and O–H groups in total. The minimum Gasteiger partial charge on any atom is -0.494 e. The number of hydrogen-bond donors (Lipinski definition) is 1. The molecule has 0 fully saturated rings. The molecule has 0 bridgehead atoms. The largest absolute Gasteiger partial charge is 0.494 e. The van der Waals surface area contributed by atoms with Gasteiger partial charge in [-0.1, -0.05) is 36.2 Å². The van der Waals surface area contributed by atoms with Crippen LogP contribution in [0.3, 0.4) is 0 Å². The van der Waals surface area contributed by atoms with Crippen molar-refractivity contribution >= 4 is 50.7 Å². The maximum atomic E-state index is 14.2. The van der Waals surface area contributed by atoms with Crippen molar-refractivity contribution in [2.45, 2.75) is 64.1 Å². The number of rotatable bonds is 12. The van der Waals surface area contributed by atoms with E-state index in [0.717, 1.165) is 28.6 Å². The van der Waals surface area contributed by atoms with Crippen LogP contribution in [0.5, 0.6) is 5.75 Å². The summed E-state index contributed by atoms with van der Waals surface area (Å²) in [7, 11) is -4.36. The van der Waals surface area contributed by atoms with Gasteiger partial charge in [-0.15, -0.1) is 0 Å². The summed E-state index contributed by atoms with van der Waals surface area (Å²) < 4.78 is 47.9. The molecule has 3 rings (SSSR count). The average Bonchev–Trinajstić information content (AvgIpc) is 2.92. The van der Waals surface area contributed by atoms with Crippen molar-refractivity contribution in [1.29, 1.82) is 0 Å². The molecule has 8 nitrogen and oxygen atoms in total. The van der Waals surface area contributed by atoms with Crippen molar-refractivity contribution in [3.8, 4) is 5.75 Å². The third-order valence-corrected chi connectivity index (χ3v) is 8.73. The van der Waals surface area contributed by atoms with Crippen LogP contribution < -0.4 is 14.4 Å². The van der Waals surface area contributed by atoms with Crippen LogP contribution in [0, 0.1) is 5.82 Å². The summed E-state index contributed by atoms with van der Waals surface area (Å²) in [6, 6.07) is 14.4. The molecule has 0 spiro atoms. The van der Waals surface area contributed by atoms with Crippen molar-refractivity contribution in [3.05, 3.63) is 88.2 Å². The summed E-state index contributed by atoms with van der Waals surface area (Å²) in [5, 5.41) is 3.60. The van der Waals surface area contributed by atoms with Gasteiger partial charge in [0.1, 0.15) is 24.2 Å². The summed E-state index contributed by atoms with van der Waals surface area (Å²) in [5.41, 5.74) is 0.116. The molecule has 0 saturated heterocycles. The summed E-state index contributed by atoms with van der Waals surface area (Å²) in [6.45, 7) is 8.72. The molecule has 3 aromatic carbocycles. The topological polar surface area (TPSA) is 96.0 Å². The Morgan fingerprint density at radius 2 is 1.60 bits per heavy atom. The highest BCUT2D eigenvalue weighted by molar-refractivity contribution is 7.92. The van der Waals surface area contributed by atoms with Gasteiger partial charge in [0, 0.05) is 22.1 Å². The molecule has 0 heterocycles. The van der Waals surface area contributed by atoms with Gasteiger partial charge < -0.3 is 15.0 Å². The van der Waals surface area contributed by atoms with E-state index in [9.17, 15) is 22.4 Å². The number of sulfonamides is 1. The van der Waals surface area contributed by atoms with Crippen molar-refractivity contribution in [2.75, 3.05) is 17.5 Å². The lowest BCUT2D eigenvalue weighted by atomic mass is 10.1. The Morgan fingerprint density at radius 1 is 0.977 bits per heavy atom. The second-order valence-corrected chi connectivity index (χ2v) is 13.5. The third kappa shape index (κ3) is 9.08. The Hall–Kier alpha value is -3.34. The number of carbonyl (C=O) groups is 2. The van der Waals surface area contributed by atoms with Gasteiger partial charge >= 0.3 is 0 Å². The molecule has 0 aromatic heterocycles. The Morgan fingerprint density at radius 3 is 2.14 bits per heavy atom. The molecule has 232 valence electrons. The van der Waals surface area contributed by atoms with Crippen LogP contribution in [-0.2, 0) is 26.2 Å². The highest BCUT2D eigenvalue weighted by Crippen LogP contribution is 2.28. The van der Waals surface area contributed by atoms with Crippen molar-refractivity contribution < 1.29 is 27.1 Å². The zero-order valence-corrected chi connectivity index (χ0v) is 27.1.